The molecule has 5 nitrogen and oxygen atoms in total. The van der Waals surface area contributed by atoms with Crippen LogP contribution in [0.3, 0.4) is 0 Å². The number of carbonyl (C=O) groups excluding carboxylic acids is 3. The van der Waals surface area contributed by atoms with Gasteiger partial charge in [0.25, 0.3) is 0 Å². The minimum Gasteiger partial charge on any atom is -0.322 e. The number of hydrogen-bond donors (Lipinski definition) is 1. The third kappa shape index (κ3) is 3.61. The van der Waals surface area contributed by atoms with E-state index in [-0.39, 0.29) is 18.9 Å². The Morgan fingerprint density at radius 1 is 1.43 bits per heavy atom. The Labute approximate surface area is 128 Å². The molecule has 0 radical (unpaired) electrons. The van der Waals surface area contributed by atoms with Gasteiger partial charge in [0.2, 0.25) is 17.7 Å². The topological polar surface area (TPSA) is 66.5 Å². The first kappa shape index (κ1) is 15.5. The van der Waals surface area contributed by atoms with Crippen molar-refractivity contribution in [3.8, 4) is 0 Å². The van der Waals surface area contributed by atoms with Crippen LogP contribution >= 0.6 is 11.6 Å². The molecular formula is C15H17ClN2O3. The van der Waals surface area contributed by atoms with E-state index in [2.05, 4.69) is 5.32 Å². The van der Waals surface area contributed by atoms with Crippen molar-refractivity contribution >= 4 is 29.3 Å². The predicted molar refractivity (Wildman–Crippen MR) is 78.8 cm³/mol. The summed E-state index contributed by atoms with van der Waals surface area (Å²) in [6, 6.07) is 5.05. The van der Waals surface area contributed by atoms with E-state index in [1.165, 1.54) is 4.90 Å². The lowest BCUT2D eigenvalue weighted by Crippen LogP contribution is -2.58. The van der Waals surface area contributed by atoms with Crippen molar-refractivity contribution in [2.24, 2.45) is 0 Å². The van der Waals surface area contributed by atoms with Crippen molar-refractivity contribution in [1.29, 1.82) is 0 Å². The summed E-state index contributed by atoms with van der Waals surface area (Å²) in [5.74, 6) is -1.08. The molecule has 1 saturated heterocycles. The summed E-state index contributed by atoms with van der Waals surface area (Å²) in [7, 11) is 0. The van der Waals surface area contributed by atoms with Gasteiger partial charge in [0.1, 0.15) is 12.6 Å². The van der Waals surface area contributed by atoms with Crippen LogP contribution in [-0.2, 0) is 20.8 Å². The molecule has 1 aliphatic heterocycles. The number of benzene rings is 1. The summed E-state index contributed by atoms with van der Waals surface area (Å²) in [5.41, 5.74) is 1.94. The maximum atomic E-state index is 12.2. The molecular weight excluding hydrogens is 292 g/mol. The summed E-state index contributed by atoms with van der Waals surface area (Å²) in [5, 5.41) is 2.88. The highest BCUT2D eigenvalue weighted by Gasteiger charge is 2.32. The Balaban J connectivity index is 1.99. The minimum atomic E-state index is -0.614. The van der Waals surface area contributed by atoms with Gasteiger partial charge in [-0.3, -0.25) is 19.7 Å². The Bertz CT molecular complexity index is 601. The quantitative estimate of drug-likeness (QED) is 0.860. The molecule has 0 saturated carbocycles. The van der Waals surface area contributed by atoms with Gasteiger partial charge in [-0.1, -0.05) is 23.7 Å². The van der Waals surface area contributed by atoms with Crippen LogP contribution in [0.15, 0.2) is 18.2 Å². The molecule has 1 heterocycles. The molecule has 0 aliphatic carbocycles. The van der Waals surface area contributed by atoms with Gasteiger partial charge in [-0.15, -0.1) is 0 Å². The number of piperazine rings is 1. The summed E-state index contributed by atoms with van der Waals surface area (Å²) in [4.78, 5) is 36.4. The zero-order chi connectivity index (χ0) is 15.6. The minimum absolute atomic E-state index is 0.0691. The summed E-state index contributed by atoms with van der Waals surface area (Å²) in [6.07, 6.45) is 0.766. The molecule has 21 heavy (non-hydrogen) atoms. The number of halogens is 1. The van der Waals surface area contributed by atoms with E-state index >= 15 is 0 Å². The fourth-order valence-electron chi connectivity index (χ4n) is 2.21. The first-order chi connectivity index (χ1) is 9.88. The average molecular weight is 309 g/mol. The SMILES string of the molecule is Cc1ccc(CCC(=O)N2CC(=O)NC(=O)C2C)cc1Cl. The fourth-order valence-corrected chi connectivity index (χ4v) is 2.41. The Morgan fingerprint density at radius 3 is 2.81 bits per heavy atom. The van der Waals surface area contributed by atoms with Gasteiger partial charge in [0.15, 0.2) is 0 Å². The van der Waals surface area contributed by atoms with E-state index in [9.17, 15) is 14.4 Å². The van der Waals surface area contributed by atoms with Crippen molar-refractivity contribution in [2.45, 2.75) is 32.7 Å². The van der Waals surface area contributed by atoms with Gasteiger partial charge in [0.05, 0.1) is 0 Å². The maximum Gasteiger partial charge on any atom is 0.249 e. The van der Waals surface area contributed by atoms with Gasteiger partial charge in [0, 0.05) is 11.4 Å². The van der Waals surface area contributed by atoms with E-state index in [1.807, 2.05) is 25.1 Å². The second kappa shape index (κ2) is 6.26. The number of amides is 3. The van der Waals surface area contributed by atoms with E-state index in [0.717, 1.165) is 11.1 Å². The van der Waals surface area contributed by atoms with Crippen molar-refractivity contribution in [3.63, 3.8) is 0 Å². The fraction of sp³-hybridized carbons (Fsp3) is 0.400. The predicted octanol–water partition coefficient (Wildman–Crippen LogP) is 1.45. The molecule has 0 spiro atoms. The van der Waals surface area contributed by atoms with Crippen LogP contribution in [0.25, 0.3) is 0 Å². The molecule has 1 aliphatic rings. The number of rotatable bonds is 3. The number of imide groups is 1. The highest BCUT2D eigenvalue weighted by atomic mass is 35.5. The highest BCUT2D eigenvalue weighted by Crippen LogP contribution is 2.18. The number of nitrogens with one attached hydrogen (secondary N) is 1. The molecule has 2 rings (SSSR count). The van der Waals surface area contributed by atoms with Crippen LogP contribution in [0.5, 0.6) is 0 Å². The zero-order valence-corrected chi connectivity index (χ0v) is 12.7. The second-order valence-electron chi connectivity index (χ2n) is 5.19. The van der Waals surface area contributed by atoms with Crippen molar-refractivity contribution in [1.82, 2.24) is 10.2 Å². The molecule has 0 aromatic heterocycles. The van der Waals surface area contributed by atoms with Gasteiger partial charge in [-0.05, 0) is 37.5 Å². The molecule has 6 heteroatoms. The largest absolute Gasteiger partial charge is 0.322 e. The zero-order valence-electron chi connectivity index (χ0n) is 12.0. The number of aryl methyl sites for hydroxylation is 2. The van der Waals surface area contributed by atoms with Crippen molar-refractivity contribution in [3.05, 3.63) is 34.3 Å². The second-order valence-corrected chi connectivity index (χ2v) is 5.60. The summed E-state index contributed by atoms with van der Waals surface area (Å²) in [6.45, 7) is 3.46. The van der Waals surface area contributed by atoms with E-state index in [1.54, 1.807) is 6.92 Å². The van der Waals surface area contributed by atoms with Crippen LogP contribution < -0.4 is 5.32 Å². The number of hydrogen-bond acceptors (Lipinski definition) is 3. The van der Waals surface area contributed by atoms with Gasteiger partial charge in [-0.25, -0.2) is 0 Å². The molecule has 1 unspecified atom stereocenters. The molecule has 0 bridgehead atoms. The van der Waals surface area contributed by atoms with Gasteiger partial charge < -0.3 is 4.90 Å². The highest BCUT2D eigenvalue weighted by molar-refractivity contribution is 6.31. The molecule has 112 valence electrons. The monoisotopic (exact) mass is 308 g/mol. The van der Waals surface area contributed by atoms with Gasteiger partial charge >= 0.3 is 0 Å². The van der Waals surface area contributed by atoms with Crippen LogP contribution in [0.4, 0.5) is 0 Å². The summed E-state index contributed by atoms with van der Waals surface area (Å²) < 4.78 is 0. The molecule has 1 fully saturated rings. The molecule has 1 atom stereocenters. The molecule has 3 amide bonds. The molecule has 1 aromatic rings. The van der Waals surface area contributed by atoms with E-state index in [0.29, 0.717) is 11.4 Å². The Kier molecular flexibility index (Phi) is 4.63. The van der Waals surface area contributed by atoms with Crippen LogP contribution in [0, 0.1) is 6.92 Å². The standard InChI is InChI=1S/C15H17ClN2O3/c1-9-3-4-11(7-12(9)16)5-6-14(20)18-8-13(19)17-15(21)10(18)2/h3-4,7,10H,5-6,8H2,1-2H3,(H,17,19,21). The average Bonchev–Trinajstić information content (AvgIpc) is 2.43. The Morgan fingerprint density at radius 2 is 2.14 bits per heavy atom. The molecule has 1 aromatic carbocycles. The lowest BCUT2D eigenvalue weighted by Gasteiger charge is -2.31. The van der Waals surface area contributed by atoms with Crippen molar-refractivity contribution in [2.75, 3.05) is 6.54 Å². The third-order valence-corrected chi connectivity index (χ3v) is 4.01. The first-order valence-corrected chi connectivity index (χ1v) is 7.14. The first-order valence-electron chi connectivity index (χ1n) is 6.76. The van der Waals surface area contributed by atoms with Crippen LogP contribution in [0.2, 0.25) is 5.02 Å². The number of nitrogens with zero attached hydrogens (tertiary/aromatic N) is 1. The molecule has 1 N–H and O–H groups in total. The van der Waals surface area contributed by atoms with E-state index in [4.69, 9.17) is 11.6 Å². The number of carbonyl (C=O) groups is 3. The summed E-state index contributed by atoms with van der Waals surface area (Å²) >= 11 is 6.05. The third-order valence-electron chi connectivity index (χ3n) is 3.61. The lowest BCUT2D eigenvalue weighted by atomic mass is 10.1. The lowest BCUT2D eigenvalue weighted by molar-refractivity contribution is -0.149. The maximum absolute atomic E-state index is 12.2. The van der Waals surface area contributed by atoms with Crippen LogP contribution in [-0.4, -0.2) is 35.2 Å². The van der Waals surface area contributed by atoms with E-state index < -0.39 is 17.9 Å². The van der Waals surface area contributed by atoms with Gasteiger partial charge in [-0.2, -0.15) is 0 Å². The van der Waals surface area contributed by atoms with Crippen LogP contribution in [0.1, 0.15) is 24.5 Å². The Hall–Kier alpha value is -1.88. The van der Waals surface area contributed by atoms with Crippen molar-refractivity contribution < 1.29 is 14.4 Å². The normalized spacial score (nSPS) is 18.6. The smallest absolute Gasteiger partial charge is 0.249 e.